The van der Waals surface area contributed by atoms with Gasteiger partial charge in [0.2, 0.25) is 0 Å². The van der Waals surface area contributed by atoms with E-state index in [0.717, 1.165) is 37.7 Å². The second-order valence-electron chi connectivity index (χ2n) is 2.89. The molecule has 2 aliphatic rings. The van der Waals surface area contributed by atoms with Crippen molar-refractivity contribution in [3.05, 3.63) is 0 Å². The third kappa shape index (κ3) is 1.18. The van der Waals surface area contributed by atoms with E-state index in [1.807, 2.05) is 11.8 Å². The SMILES string of the molecule is C1CC2(CO1)CSCCO2. The molecule has 0 aromatic rings. The van der Waals surface area contributed by atoms with Gasteiger partial charge in [-0.2, -0.15) is 11.8 Å². The lowest BCUT2D eigenvalue weighted by atomic mass is 10.1. The summed E-state index contributed by atoms with van der Waals surface area (Å²) in [4.78, 5) is 0. The van der Waals surface area contributed by atoms with Gasteiger partial charge in [0.25, 0.3) is 0 Å². The van der Waals surface area contributed by atoms with Crippen molar-refractivity contribution in [1.82, 2.24) is 0 Å². The molecule has 2 saturated heterocycles. The van der Waals surface area contributed by atoms with Gasteiger partial charge in [0, 0.05) is 24.5 Å². The molecule has 0 radical (unpaired) electrons. The lowest BCUT2D eigenvalue weighted by Gasteiger charge is -2.31. The number of ether oxygens (including phenoxy) is 2. The number of hydrogen-bond acceptors (Lipinski definition) is 3. The maximum absolute atomic E-state index is 5.68. The van der Waals surface area contributed by atoms with Crippen LogP contribution in [0, 0.1) is 0 Å². The van der Waals surface area contributed by atoms with Crippen LogP contribution in [0.3, 0.4) is 0 Å². The van der Waals surface area contributed by atoms with E-state index in [0.29, 0.717) is 0 Å². The van der Waals surface area contributed by atoms with E-state index in [1.165, 1.54) is 0 Å². The first kappa shape index (κ1) is 6.95. The lowest BCUT2D eigenvalue weighted by Crippen LogP contribution is -2.40. The van der Waals surface area contributed by atoms with Crippen LogP contribution < -0.4 is 0 Å². The monoisotopic (exact) mass is 160 g/mol. The molecule has 0 aromatic heterocycles. The first-order chi connectivity index (χ1) is 4.91. The van der Waals surface area contributed by atoms with Gasteiger partial charge in [-0.15, -0.1) is 0 Å². The van der Waals surface area contributed by atoms with Gasteiger partial charge in [-0.05, 0) is 0 Å². The number of thioether (sulfide) groups is 1. The highest BCUT2D eigenvalue weighted by Gasteiger charge is 2.37. The van der Waals surface area contributed by atoms with E-state index in [-0.39, 0.29) is 5.60 Å². The van der Waals surface area contributed by atoms with E-state index >= 15 is 0 Å². The molecule has 2 heterocycles. The molecule has 0 N–H and O–H groups in total. The average molecular weight is 160 g/mol. The van der Waals surface area contributed by atoms with E-state index in [1.54, 1.807) is 0 Å². The average Bonchev–Trinajstić information content (AvgIpc) is 2.39. The zero-order valence-corrected chi connectivity index (χ0v) is 6.78. The normalized spacial score (nSPS) is 40.8. The molecule has 2 nitrogen and oxygen atoms in total. The van der Waals surface area contributed by atoms with Crippen molar-refractivity contribution in [2.75, 3.05) is 31.3 Å². The van der Waals surface area contributed by atoms with Crippen LogP contribution in [0.5, 0.6) is 0 Å². The van der Waals surface area contributed by atoms with Crippen LogP contribution in [-0.2, 0) is 9.47 Å². The van der Waals surface area contributed by atoms with Gasteiger partial charge in [-0.25, -0.2) is 0 Å². The molecule has 0 amide bonds. The third-order valence-electron chi connectivity index (χ3n) is 2.07. The summed E-state index contributed by atoms with van der Waals surface area (Å²) in [5.41, 5.74) is 0.114. The van der Waals surface area contributed by atoms with Gasteiger partial charge < -0.3 is 9.47 Å². The third-order valence-corrected chi connectivity index (χ3v) is 3.25. The lowest BCUT2D eigenvalue weighted by molar-refractivity contribution is -0.0292. The van der Waals surface area contributed by atoms with E-state index in [2.05, 4.69) is 0 Å². The van der Waals surface area contributed by atoms with Gasteiger partial charge in [-0.1, -0.05) is 0 Å². The fourth-order valence-electron chi connectivity index (χ4n) is 1.43. The zero-order chi connectivity index (χ0) is 6.86. The Bertz CT molecular complexity index is 113. The van der Waals surface area contributed by atoms with Crippen molar-refractivity contribution >= 4 is 11.8 Å². The Morgan fingerprint density at radius 3 is 2.90 bits per heavy atom. The highest BCUT2D eigenvalue weighted by Crippen LogP contribution is 2.30. The Hall–Kier alpha value is 0.270. The van der Waals surface area contributed by atoms with Crippen LogP contribution >= 0.6 is 11.8 Å². The topological polar surface area (TPSA) is 18.5 Å². The van der Waals surface area contributed by atoms with Crippen molar-refractivity contribution in [1.29, 1.82) is 0 Å². The fraction of sp³-hybridized carbons (Fsp3) is 1.00. The van der Waals surface area contributed by atoms with Crippen LogP contribution in [0.1, 0.15) is 6.42 Å². The first-order valence-corrected chi connectivity index (χ1v) is 4.86. The van der Waals surface area contributed by atoms with Crippen LogP contribution in [0.15, 0.2) is 0 Å². The fourth-order valence-corrected chi connectivity index (χ4v) is 2.46. The zero-order valence-electron chi connectivity index (χ0n) is 5.97. The van der Waals surface area contributed by atoms with Gasteiger partial charge >= 0.3 is 0 Å². The van der Waals surface area contributed by atoms with E-state index < -0.39 is 0 Å². The molecule has 1 spiro atoms. The van der Waals surface area contributed by atoms with Crippen molar-refractivity contribution in [2.45, 2.75) is 12.0 Å². The highest BCUT2D eigenvalue weighted by molar-refractivity contribution is 7.99. The molecule has 0 aromatic carbocycles. The molecular formula is C7H12O2S. The van der Waals surface area contributed by atoms with Crippen molar-refractivity contribution in [3.8, 4) is 0 Å². The minimum absolute atomic E-state index is 0.114. The summed E-state index contributed by atoms with van der Waals surface area (Å²) in [6, 6.07) is 0. The first-order valence-electron chi connectivity index (χ1n) is 3.71. The molecule has 1 unspecified atom stereocenters. The van der Waals surface area contributed by atoms with Gasteiger partial charge in [0.05, 0.1) is 13.2 Å². The Labute approximate surface area is 65.3 Å². The summed E-state index contributed by atoms with van der Waals surface area (Å²) in [5.74, 6) is 2.29. The van der Waals surface area contributed by atoms with Crippen molar-refractivity contribution in [3.63, 3.8) is 0 Å². The van der Waals surface area contributed by atoms with Crippen molar-refractivity contribution in [2.24, 2.45) is 0 Å². The van der Waals surface area contributed by atoms with Gasteiger partial charge in [-0.3, -0.25) is 0 Å². The highest BCUT2D eigenvalue weighted by atomic mass is 32.2. The second-order valence-corrected chi connectivity index (χ2v) is 3.99. The van der Waals surface area contributed by atoms with Crippen LogP contribution in [0.4, 0.5) is 0 Å². The largest absolute Gasteiger partial charge is 0.378 e. The Kier molecular flexibility index (Phi) is 1.89. The smallest absolute Gasteiger partial charge is 0.103 e. The Morgan fingerprint density at radius 1 is 1.30 bits per heavy atom. The molecule has 58 valence electrons. The quantitative estimate of drug-likeness (QED) is 0.525. The predicted molar refractivity (Wildman–Crippen MR) is 41.4 cm³/mol. The molecular weight excluding hydrogens is 148 g/mol. The molecule has 10 heavy (non-hydrogen) atoms. The predicted octanol–water partition coefficient (Wildman–Crippen LogP) is 0.909. The molecule has 0 saturated carbocycles. The Balaban J connectivity index is 1.98. The van der Waals surface area contributed by atoms with Gasteiger partial charge in [0.1, 0.15) is 5.60 Å². The van der Waals surface area contributed by atoms with Gasteiger partial charge in [0.15, 0.2) is 0 Å². The number of rotatable bonds is 0. The standard InChI is InChI=1S/C7H12O2S/c1-2-8-5-7(1)6-10-4-3-9-7/h1-6H2. The summed E-state index contributed by atoms with van der Waals surface area (Å²) in [6.07, 6.45) is 1.10. The molecule has 1 atom stereocenters. The summed E-state index contributed by atoms with van der Waals surface area (Å²) in [7, 11) is 0. The molecule has 2 fully saturated rings. The minimum atomic E-state index is 0.114. The number of hydrogen-bond donors (Lipinski definition) is 0. The molecule has 0 bridgehead atoms. The molecule has 2 aliphatic heterocycles. The van der Waals surface area contributed by atoms with Crippen molar-refractivity contribution < 1.29 is 9.47 Å². The molecule has 0 aliphatic carbocycles. The van der Waals surface area contributed by atoms with Crippen LogP contribution in [-0.4, -0.2) is 36.9 Å². The maximum atomic E-state index is 5.68. The van der Waals surface area contributed by atoms with E-state index in [9.17, 15) is 0 Å². The second kappa shape index (κ2) is 2.72. The summed E-state index contributed by atoms with van der Waals surface area (Å²) < 4.78 is 11.0. The Morgan fingerprint density at radius 2 is 2.30 bits per heavy atom. The van der Waals surface area contributed by atoms with E-state index in [4.69, 9.17) is 9.47 Å². The maximum Gasteiger partial charge on any atom is 0.103 e. The summed E-state index contributed by atoms with van der Waals surface area (Å²) >= 11 is 1.99. The molecule has 3 heteroatoms. The van der Waals surface area contributed by atoms with Crippen LogP contribution in [0.25, 0.3) is 0 Å². The van der Waals surface area contributed by atoms with Crippen LogP contribution in [0.2, 0.25) is 0 Å². The molecule has 2 rings (SSSR count). The summed E-state index contributed by atoms with van der Waals surface area (Å²) in [6.45, 7) is 2.62. The summed E-state index contributed by atoms with van der Waals surface area (Å²) in [5, 5.41) is 0. The minimum Gasteiger partial charge on any atom is -0.378 e.